The van der Waals surface area contributed by atoms with E-state index in [0.29, 0.717) is 24.5 Å². The number of hydrogen-bond donors (Lipinski definition) is 2. The van der Waals surface area contributed by atoms with Crippen LogP contribution in [0.4, 0.5) is 5.69 Å². The molecule has 20 heavy (non-hydrogen) atoms. The van der Waals surface area contributed by atoms with Crippen LogP contribution in [0.15, 0.2) is 24.3 Å². The molecule has 0 aliphatic heterocycles. The number of rotatable bonds is 5. The zero-order chi connectivity index (χ0) is 14.5. The van der Waals surface area contributed by atoms with Crippen molar-refractivity contribution >= 4 is 11.7 Å². The molecular weight excluding hydrogens is 258 g/mol. The van der Waals surface area contributed by atoms with E-state index in [9.17, 15) is 4.79 Å². The molecule has 0 fully saturated rings. The first-order chi connectivity index (χ1) is 9.67. The Morgan fingerprint density at radius 3 is 2.65 bits per heavy atom. The lowest BCUT2D eigenvalue weighted by atomic mass is 10.1. The number of benzene rings is 1. The van der Waals surface area contributed by atoms with Crippen LogP contribution in [-0.2, 0) is 11.3 Å². The average Bonchev–Trinajstić information content (AvgIpc) is 2.84. The number of nitrogens with zero attached hydrogens (tertiary/aromatic N) is 3. The molecule has 4 N–H and O–H groups in total. The van der Waals surface area contributed by atoms with E-state index in [1.807, 2.05) is 12.1 Å². The molecular formula is C13H17N5O2. The summed E-state index contributed by atoms with van der Waals surface area (Å²) in [5.41, 5.74) is 13.4. The highest BCUT2D eigenvalue weighted by Gasteiger charge is 2.21. The van der Waals surface area contributed by atoms with Gasteiger partial charge in [-0.05, 0) is 19.1 Å². The van der Waals surface area contributed by atoms with E-state index in [2.05, 4.69) is 10.3 Å². The maximum Gasteiger partial charge on any atom is 0.361 e. The Bertz CT molecular complexity index is 591. The van der Waals surface area contributed by atoms with E-state index >= 15 is 0 Å². The number of ether oxygens (including phenoxy) is 1. The van der Waals surface area contributed by atoms with Crippen LogP contribution >= 0.6 is 0 Å². The van der Waals surface area contributed by atoms with Gasteiger partial charge in [-0.2, -0.15) is 0 Å². The number of aromatic nitrogens is 3. The molecule has 0 saturated carbocycles. The van der Waals surface area contributed by atoms with Gasteiger partial charge in [0.05, 0.1) is 13.2 Å². The molecule has 0 saturated heterocycles. The Hall–Kier alpha value is -2.41. The van der Waals surface area contributed by atoms with E-state index in [0.717, 1.165) is 5.56 Å². The van der Waals surface area contributed by atoms with Gasteiger partial charge in [0.2, 0.25) is 0 Å². The van der Waals surface area contributed by atoms with Gasteiger partial charge in [-0.25, -0.2) is 9.48 Å². The van der Waals surface area contributed by atoms with E-state index in [1.54, 1.807) is 23.7 Å². The third-order valence-electron chi connectivity index (χ3n) is 2.73. The molecule has 0 spiro atoms. The number of esters is 1. The molecule has 106 valence electrons. The van der Waals surface area contributed by atoms with Gasteiger partial charge in [0.15, 0.2) is 5.69 Å². The van der Waals surface area contributed by atoms with Crippen molar-refractivity contribution < 1.29 is 9.53 Å². The van der Waals surface area contributed by atoms with Crippen molar-refractivity contribution in [2.75, 3.05) is 18.9 Å². The lowest BCUT2D eigenvalue weighted by molar-refractivity contribution is 0.0520. The second-order valence-corrected chi connectivity index (χ2v) is 4.14. The van der Waals surface area contributed by atoms with E-state index < -0.39 is 5.97 Å². The standard InChI is InChI=1S/C13H17N5O2/c1-2-20-13(19)11-12(18(8-7-14)17-16-11)9-3-5-10(15)6-4-9/h3-6H,2,7-8,14-15H2,1H3. The maximum absolute atomic E-state index is 11.9. The third-order valence-corrected chi connectivity index (χ3v) is 2.73. The van der Waals surface area contributed by atoms with Crippen molar-refractivity contribution in [2.45, 2.75) is 13.5 Å². The third kappa shape index (κ3) is 2.77. The zero-order valence-corrected chi connectivity index (χ0v) is 11.2. The molecule has 1 aromatic carbocycles. The molecule has 7 heteroatoms. The molecule has 1 aromatic heterocycles. The molecule has 2 rings (SSSR count). The minimum atomic E-state index is -0.498. The summed E-state index contributed by atoms with van der Waals surface area (Å²) in [6.07, 6.45) is 0. The molecule has 1 heterocycles. The Balaban J connectivity index is 2.49. The molecule has 0 unspecified atom stereocenters. The van der Waals surface area contributed by atoms with Crippen LogP contribution in [0.5, 0.6) is 0 Å². The van der Waals surface area contributed by atoms with Crippen LogP contribution in [0.2, 0.25) is 0 Å². The number of carbonyl (C=O) groups is 1. The minimum Gasteiger partial charge on any atom is -0.461 e. The summed E-state index contributed by atoms with van der Waals surface area (Å²) in [7, 11) is 0. The molecule has 0 radical (unpaired) electrons. The summed E-state index contributed by atoms with van der Waals surface area (Å²) in [4.78, 5) is 11.9. The van der Waals surface area contributed by atoms with Gasteiger partial charge in [-0.1, -0.05) is 17.3 Å². The van der Waals surface area contributed by atoms with Crippen LogP contribution in [0.3, 0.4) is 0 Å². The highest BCUT2D eigenvalue weighted by Crippen LogP contribution is 2.23. The summed E-state index contributed by atoms with van der Waals surface area (Å²) in [5.74, 6) is -0.498. The van der Waals surface area contributed by atoms with Crippen molar-refractivity contribution in [3.05, 3.63) is 30.0 Å². The summed E-state index contributed by atoms with van der Waals surface area (Å²) < 4.78 is 6.59. The van der Waals surface area contributed by atoms with Crippen LogP contribution in [0, 0.1) is 0 Å². The Labute approximate surface area is 116 Å². The Morgan fingerprint density at radius 2 is 2.05 bits per heavy atom. The zero-order valence-electron chi connectivity index (χ0n) is 11.2. The fourth-order valence-corrected chi connectivity index (χ4v) is 1.86. The number of anilines is 1. The van der Waals surface area contributed by atoms with Crippen LogP contribution in [0.25, 0.3) is 11.3 Å². The van der Waals surface area contributed by atoms with Crippen molar-refractivity contribution in [2.24, 2.45) is 5.73 Å². The van der Waals surface area contributed by atoms with Crippen LogP contribution in [-0.4, -0.2) is 34.1 Å². The quantitative estimate of drug-likeness (QED) is 0.613. The second-order valence-electron chi connectivity index (χ2n) is 4.14. The lowest BCUT2D eigenvalue weighted by Crippen LogP contribution is -2.13. The van der Waals surface area contributed by atoms with Crippen LogP contribution in [0.1, 0.15) is 17.4 Å². The van der Waals surface area contributed by atoms with Crippen molar-refractivity contribution in [3.8, 4) is 11.3 Å². The monoisotopic (exact) mass is 275 g/mol. The largest absolute Gasteiger partial charge is 0.461 e. The predicted octanol–water partition coefficient (Wildman–Crippen LogP) is 0.663. The molecule has 0 bridgehead atoms. The summed E-state index contributed by atoms with van der Waals surface area (Å²) in [5, 5.41) is 7.87. The maximum atomic E-state index is 11.9. The van der Waals surface area contributed by atoms with Gasteiger partial charge in [-0.3, -0.25) is 0 Å². The minimum absolute atomic E-state index is 0.185. The first kappa shape index (κ1) is 14.0. The normalized spacial score (nSPS) is 10.5. The van der Waals surface area contributed by atoms with Crippen molar-refractivity contribution in [1.82, 2.24) is 15.0 Å². The van der Waals surface area contributed by atoms with Gasteiger partial charge in [-0.15, -0.1) is 5.10 Å². The molecule has 7 nitrogen and oxygen atoms in total. The molecule has 2 aromatic rings. The van der Waals surface area contributed by atoms with Gasteiger partial charge < -0.3 is 16.2 Å². The molecule has 0 atom stereocenters. The van der Waals surface area contributed by atoms with Crippen molar-refractivity contribution in [1.29, 1.82) is 0 Å². The van der Waals surface area contributed by atoms with E-state index in [1.165, 1.54) is 0 Å². The Kier molecular flexibility index (Phi) is 4.31. The number of hydrogen-bond acceptors (Lipinski definition) is 6. The van der Waals surface area contributed by atoms with E-state index in [4.69, 9.17) is 16.2 Å². The fourth-order valence-electron chi connectivity index (χ4n) is 1.86. The summed E-state index contributed by atoms with van der Waals surface area (Å²) in [6.45, 7) is 2.88. The van der Waals surface area contributed by atoms with Gasteiger partial charge in [0.25, 0.3) is 0 Å². The topological polar surface area (TPSA) is 109 Å². The first-order valence-electron chi connectivity index (χ1n) is 6.34. The fraction of sp³-hybridized carbons (Fsp3) is 0.308. The predicted molar refractivity (Wildman–Crippen MR) is 74.9 cm³/mol. The van der Waals surface area contributed by atoms with Crippen molar-refractivity contribution in [3.63, 3.8) is 0 Å². The first-order valence-corrected chi connectivity index (χ1v) is 6.34. The van der Waals surface area contributed by atoms with Gasteiger partial charge in [0, 0.05) is 17.8 Å². The lowest BCUT2D eigenvalue weighted by Gasteiger charge is -2.07. The molecule has 0 aliphatic rings. The molecule has 0 amide bonds. The SMILES string of the molecule is CCOC(=O)c1nnn(CCN)c1-c1ccc(N)cc1. The molecule has 0 aliphatic carbocycles. The smallest absolute Gasteiger partial charge is 0.361 e. The number of nitrogen functional groups attached to an aromatic ring is 1. The van der Waals surface area contributed by atoms with Gasteiger partial charge >= 0.3 is 5.97 Å². The van der Waals surface area contributed by atoms with Crippen LogP contribution < -0.4 is 11.5 Å². The highest BCUT2D eigenvalue weighted by molar-refractivity contribution is 5.94. The summed E-state index contributed by atoms with van der Waals surface area (Å²) >= 11 is 0. The number of carbonyl (C=O) groups excluding carboxylic acids is 1. The number of nitrogens with two attached hydrogens (primary N) is 2. The van der Waals surface area contributed by atoms with E-state index in [-0.39, 0.29) is 12.3 Å². The Morgan fingerprint density at radius 1 is 1.35 bits per heavy atom. The average molecular weight is 275 g/mol. The highest BCUT2D eigenvalue weighted by atomic mass is 16.5. The van der Waals surface area contributed by atoms with Gasteiger partial charge in [0.1, 0.15) is 5.69 Å². The summed E-state index contributed by atoms with van der Waals surface area (Å²) in [6, 6.07) is 7.13. The second kappa shape index (κ2) is 6.16.